The molecule has 5 heteroatoms. The number of Topliss-reactive ketones (excluding diaryl/α,β-unsaturated/α-hetero) is 1. The summed E-state index contributed by atoms with van der Waals surface area (Å²) in [6.07, 6.45) is 3.19. The highest BCUT2D eigenvalue weighted by molar-refractivity contribution is 6.30. The van der Waals surface area contributed by atoms with Crippen LogP contribution in [0.25, 0.3) is 10.9 Å². The van der Waals surface area contributed by atoms with Gasteiger partial charge < -0.3 is 9.67 Å². The van der Waals surface area contributed by atoms with Crippen LogP contribution in [0.15, 0.2) is 42.5 Å². The second-order valence-electron chi connectivity index (χ2n) is 10.3. The molecule has 0 spiro atoms. The minimum atomic E-state index is -0.998. The van der Waals surface area contributed by atoms with E-state index in [4.69, 9.17) is 11.6 Å². The zero-order valence-corrected chi connectivity index (χ0v) is 20.6. The summed E-state index contributed by atoms with van der Waals surface area (Å²) >= 11 is 6.10. The Morgan fingerprint density at radius 1 is 1.12 bits per heavy atom. The number of aliphatic carboxylic acids is 1. The van der Waals surface area contributed by atoms with E-state index in [9.17, 15) is 14.7 Å². The van der Waals surface area contributed by atoms with E-state index in [0.29, 0.717) is 17.5 Å². The Balaban J connectivity index is 1.97. The fourth-order valence-corrected chi connectivity index (χ4v) is 4.69. The molecule has 0 atom stereocenters. The molecule has 1 aliphatic rings. The number of carboxylic acids is 1. The average molecular weight is 466 g/mol. The van der Waals surface area contributed by atoms with Crippen LogP contribution in [0.2, 0.25) is 5.02 Å². The minimum absolute atomic E-state index is 0.0361. The Morgan fingerprint density at radius 2 is 1.79 bits per heavy atom. The number of aromatic nitrogens is 1. The largest absolute Gasteiger partial charge is 0.481 e. The topological polar surface area (TPSA) is 59.3 Å². The van der Waals surface area contributed by atoms with Crippen LogP contribution in [0.1, 0.15) is 80.1 Å². The Hall–Kier alpha value is -2.59. The van der Waals surface area contributed by atoms with E-state index in [1.807, 2.05) is 24.3 Å². The lowest BCUT2D eigenvalue weighted by Gasteiger charge is -2.26. The van der Waals surface area contributed by atoms with Crippen LogP contribution < -0.4 is 0 Å². The van der Waals surface area contributed by atoms with Gasteiger partial charge in [0.05, 0.1) is 5.41 Å². The molecule has 0 aliphatic heterocycles. The summed E-state index contributed by atoms with van der Waals surface area (Å²) in [4.78, 5) is 25.8. The summed E-state index contributed by atoms with van der Waals surface area (Å²) in [7, 11) is 0. The molecule has 1 saturated carbocycles. The number of benzene rings is 2. The van der Waals surface area contributed by atoms with E-state index in [1.165, 1.54) is 5.56 Å². The molecule has 1 aromatic heterocycles. The zero-order valence-electron chi connectivity index (χ0n) is 19.8. The molecule has 1 fully saturated rings. The molecule has 1 N–H and O–H groups in total. The predicted octanol–water partition coefficient (Wildman–Crippen LogP) is 7.10. The van der Waals surface area contributed by atoms with Gasteiger partial charge in [0.2, 0.25) is 0 Å². The van der Waals surface area contributed by atoms with E-state index in [2.05, 4.69) is 36.6 Å². The van der Waals surface area contributed by atoms with Crippen molar-refractivity contribution in [3.8, 4) is 0 Å². The minimum Gasteiger partial charge on any atom is -0.481 e. The van der Waals surface area contributed by atoms with Gasteiger partial charge in [-0.1, -0.05) is 50.1 Å². The van der Waals surface area contributed by atoms with Crippen LogP contribution in [-0.4, -0.2) is 21.4 Å². The van der Waals surface area contributed by atoms with Crippen LogP contribution >= 0.6 is 11.6 Å². The van der Waals surface area contributed by atoms with E-state index >= 15 is 0 Å². The van der Waals surface area contributed by atoms with E-state index < -0.39 is 11.4 Å². The van der Waals surface area contributed by atoms with Crippen molar-refractivity contribution in [1.82, 2.24) is 4.57 Å². The van der Waals surface area contributed by atoms with E-state index in [-0.39, 0.29) is 18.1 Å². The summed E-state index contributed by atoms with van der Waals surface area (Å²) in [6, 6.07) is 14.0. The maximum atomic E-state index is 13.7. The number of halogens is 1. The molecule has 1 aliphatic carbocycles. The van der Waals surface area contributed by atoms with Crippen LogP contribution in [0, 0.1) is 11.3 Å². The molecule has 0 radical (unpaired) electrons. The Labute approximate surface area is 200 Å². The predicted molar refractivity (Wildman–Crippen MR) is 133 cm³/mol. The van der Waals surface area contributed by atoms with Crippen LogP contribution in [-0.2, 0) is 17.8 Å². The van der Waals surface area contributed by atoms with Gasteiger partial charge in [-0.15, -0.1) is 0 Å². The molecule has 0 saturated heterocycles. The number of fused-ring (bicyclic) bond motifs is 1. The summed E-state index contributed by atoms with van der Waals surface area (Å²) in [6.45, 7) is 8.31. The number of carboxylic acid groups (broad SMARTS) is 1. The molecular formula is C28H32ClNO3. The third-order valence-corrected chi connectivity index (χ3v) is 7.28. The maximum Gasteiger partial charge on any atom is 0.309 e. The molecule has 0 unspecified atom stereocenters. The van der Waals surface area contributed by atoms with Crippen molar-refractivity contribution in [2.75, 3.05) is 0 Å². The third-order valence-electron chi connectivity index (χ3n) is 7.03. The van der Waals surface area contributed by atoms with Gasteiger partial charge in [0.15, 0.2) is 5.78 Å². The van der Waals surface area contributed by atoms with Crippen molar-refractivity contribution in [2.45, 2.75) is 65.8 Å². The number of nitrogens with zero attached hydrogens (tertiary/aromatic N) is 1. The molecule has 33 heavy (non-hydrogen) atoms. The molecule has 2 aromatic carbocycles. The van der Waals surface area contributed by atoms with Gasteiger partial charge in [-0.05, 0) is 68.0 Å². The average Bonchev–Trinajstić information content (AvgIpc) is 3.00. The lowest BCUT2D eigenvalue weighted by atomic mass is 9.78. The highest BCUT2D eigenvalue weighted by Crippen LogP contribution is 2.39. The Bertz CT molecular complexity index is 1200. The number of carbonyl (C=O) groups is 2. The van der Waals surface area contributed by atoms with Crippen molar-refractivity contribution in [1.29, 1.82) is 0 Å². The monoisotopic (exact) mass is 465 g/mol. The van der Waals surface area contributed by atoms with Gasteiger partial charge >= 0.3 is 5.97 Å². The standard InChI is InChI=1S/C28H32ClNO3/c1-17(2)20-10-13-23-22(14-20)25(26(31)19-6-5-7-19)24(15-28(3,4)27(32)33)30(23)16-18-8-11-21(29)12-9-18/h8-14,17,19H,5-7,15-16H2,1-4H3,(H,32,33). The van der Waals surface area contributed by atoms with Gasteiger partial charge in [0.1, 0.15) is 0 Å². The quantitative estimate of drug-likeness (QED) is 0.361. The second-order valence-corrected chi connectivity index (χ2v) is 10.8. The van der Waals surface area contributed by atoms with Gasteiger partial charge in [-0.25, -0.2) is 0 Å². The van der Waals surface area contributed by atoms with Gasteiger partial charge in [-0.3, -0.25) is 9.59 Å². The molecule has 0 bridgehead atoms. The SMILES string of the molecule is CC(C)c1ccc2c(c1)c(C(=O)C1CCC1)c(CC(C)(C)C(=O)O)n2Cc1ccc(Cl)cc1. The molecule has 174 valence electrons. The summed E-state index contributed by atoms with van der Waals surface area (Å²) < 4.78 is 2.15. The number of hydrogen-bond donors (Lipinski definition) is 1. The number of rotatable bonds is 8. The number of hydrogen-bond acceptors (Lipinski definition) is 2. The molecular weight excluding hydrogens is 434 g/mol. The number of ketones is 1. The first-order valence-electron chi connectivity index (χ1n) is 11.8. The van der Waals surface area contributed by atoms with Crippen LogP contribution in [0.4, 0.5) is 0 Å². The van der Waals surface area contributed by atoms with Crippen molar-refractivity contribution in [3.63, 3.8) is 0 Å². The lowest BCUT2D eigenvalue weighted by molar-refractivity contribution is -0.146. The van der Waals surface area contributed by atoms with E-state index in [0.717, 1.165) is 47.0 Å². The first kappa shape index (κ1) is 23.6. The van der Waals surface area contributed by atoms with Gasteiger partial charge in [-0.2, -0.15) is 0 Å². The molecule has 0 amide bonds. The Kier molecular flexibility index (Phi) is 6.41. The van der Waals surface area contributed by atoms with Crippen LogP contribution in [0.3, 0.4) is 0 Å². The smallest absolute Gasteiger partial charge is 0.309 e. The van der Waals surface area contributed by atoms with Gasteiger partial charge in [0, 0.05) is 46.1 Å². The summed E-state index contributed by atoms with van der Waals surface area (Å²) in [5.41, 5.74) is 3.76. The van der Waals surface area contributed by atoms with Crippen molar-refractivity contribution >= 4 is 34.3 Å². The maximum absolute atomic E-state index is 13.7. The lowest BCUT2D eigenvalue weighted by Crippen LogP contribution is -2.29. The van der Waals surface area contributed by atoms with Crippen molar-refractivity contribution in [3.05, 3.63) is 69.9 Å². The highest BCUT2D eigenvalue weighted by atomic mass is 35.5. The first-order chi connectivity index (χ1) is 15.6. The van der Waals surface area contributed by atoms with E-state index in [1.54, 1.807) is 13.8 Å². The third kappa shape index (κ3) is 4.59. The first-order valence-corrected chi connectivity index (χ1v) is 12.1. The zero-order chi connectivity index (χ0) is 23.9. The molecule has 4 nitrogen and oxygen atoms in total. The number of carbonyl (C=O) groups excluding carboxylic acids is 1. The Morgan fingerprint density at radius 3 is 2.33 bits per heavy atom. The van der Waals surface area contributed by atoms with Gasteiger partial charge in [0.25, 0.3) is 0 Å². The molecule has 4 rings (SSSR count). The van der Waals surface area contributed by atoms with Crippen molar-refractivity contribution in [2.24, 2.45) is 11.3 Å². The fourth-order valence-electron chi connectivity index (χ4n) is 4.56. The normalized spacial score (nSPS) is 14.6. The summed E-state index contributed by atoms with van der Waals surface area (Å²) in [5, 5.41) is 11.5. The summed E-state index contributed by atoms with van der Waals surface area (Å²) in [5.74, 6) is -0.331. The van der Waals surface area contributed by atoms with Crippen molar-refractivity contribution < 1.29 is 14.7 Å². The molecule has 3 aromatic rings. The fraction of sp³-hybridized carbons (Fsp3) is 0.429. The highest BCUT2D eigenvalue weighted by Gasteiger charge is 2.36. The van der Waals surface area contributed by atoms with Crippen LogP contribution in [0.5, 0.6) is 0 Å². The molecule has 1 heterocycles. The second kappa shape index (κ2) is 8.98.